The van der Waals surface area contributed by atoms with Gasteiger partial charge in [-0.1, -0.05) is 30.3 Å². The molecule has 0 radical (unpaired) electrons. The summed E-state index contributed by atoms with van der Waals surface area (Å²) in [5.74, 6) is -0.0840. The first-order chi connectivity index (χ1) is 14.7. The number of hydrogen-bond donors (Lipinski definition) is 1. The minimum absolute atomic E-state index is 0.0840. The lowest BCUT2D eigenvalue weighted by Crippen LogP contribution is -2.29. The van der Waals surface area contributed by atoms with Crippen molar-refractivity contribution >= 4 is 15.7 Å². The lowest BCUT2D eigenvalue weighted by Gasteiger charge is -2.16. The Morgan fingerprint density at radius 3 is 2.29 bits per heavy atom. The highest BCUT2D eigenvalue weighted by atomic mass is 32.2. The molecule has 0 unspecified atom stereocenters. The van der Waals surface area contributed by atoms with Crippen molar-refractivity contribution in [2.75, 3.05) is 26.5 Å². The fourth-order valence-electron chi connectivity index (χ4n) is 3.61. The van der Waals surface area contributed by atoms with E-state index in [9.17, 15) is 13.2 Å². The summed E-state index contributed by atoms with van der Waals surface area (Å²) in [5.41, 5.74) is 5.06. The van der Waals surface area contributed by atoms with Gasteiger partial charge in [-0.2, -0.15) is 0 Å². The Bertz CT molecular complexity index is 1150. The lowest BCUT2D eigenvalue weighted by molar-refractivity contribution is -0.130. The van der Waals surface area contributed by atoms with E-state index in [1.165, 1.54) is 6.26 Å². The number of aliphatic hydroxyl groups excluding tert-OH is 1. The molecule has 1 amide bonds. The average molecular weight is 441 g/mol. The number of aliphatic hydroxyl groups is 1. The first-order valence-corrected chi connectivity index (χ1v) is 12.0. The van der Waals surface area contributed by atoms with Gasteiger partial charge in [0, 0.05) is 37.7 Å². The fourth-order valence-corrected chi connectivity index (χ4v) is 4.24. The quantitative estimate of drug-likeness (QED) is 0.583. The van der Waals surface area contributed by atoms with Crippen LogP contribution in [0.1, 0.15) is 17.7 Å². The van der Waals surface area contributed by atoms with Gasteiger partial charge in [-0.25, -0.2) is 8.42 Å². The number of rotatable bonds is 8. The molecule has 0 fully saturated rings. The van der Waals surface area contributed by atoms with Crippen LogP contribution in [0.4, 0.5) is 0 Å². The largest absolute Gasteiger partial charge is 0.396 e. The van der Waals surface area contributed by atoms with Crippen molar-refractivity contribution in [3.05, 3.63) is 71.9 Å². The molecule has 0 aliphatic heterocycles. The summed E-state index contributed by atoms with van der Waals surface area (Å²) in [4.78, 5) is 13.9. The van der Waals surface area contributed by atoms with Crippen LogP contribution in [0.25, 0.3) is 16.9 Å². The van der Waals surface area contributed by atoms with E-state index in [1.807, 2.05) is 49.4 Å². The standard InChI is InChI=1S/C24H28N2O4S/c1-18-20(13-15-25(2)24(28)14-16-27)17-23(26(18)21-7-5-4-6-8-21)19-9-11-22(12-10-19)31(3,29)30/h4-12,17,27H,13-16H2,1-3H3. The van der Waals surface area contributed by atoms with Gasteiger partial charge in [-0.3, -0.25) is 4.79 Å². The van der Waals surface area contributed by atoms with Gasteiger partial charge in [0.15, 0.2) is 9.84 Å². The van der Waals surface area contributed by atoms with Crippen molar-refractivity contribution in [1.29, 1.82) is 0 Å². The van der Waals surface area contributed by atoms with E-state index in [1.54, 1.807) is 24.1 Å². The number of carbonyl (C=O) groups is 1. The van der Waals surface area contributed by atoms with E-state index < -0.39 is 9.84 Å². The first-order valence-electron chi connectivity index (χ1n) is 10.1. The summed E-state index contributed by atoms with van der Waals surface area (Å²) in [5, 5.41) is 8.99. The molecular formula is C24H28N2O4S. The summed E-state index contributed by atoms with van der Waals surface area (Å²) in [6.45, 7) is 2.44. The molecule has 7 heteroatoms. The molecule has 3 aromatic rings. The van der Waals surface area contributed by atoms with Crippen molar-refractivity contribution in [2.24, 2.45) is 0 Å². The van der Waals surface area contributed by atoms with Gasteiger partial charge in [0.2, 0.25) is 5.91 Å². The smallest absolute Gasteiger partial charge is 0.224 e. The average Bonchev–Trinajstić information content (AvgIpc) is 3.08. The van der Waals surface area contributed by atoms with Crippen LogP contribution in [0, 0.1) is 6.92 Å². The molecule has 2 aromatic carbocycles. The number of benzene rings is 2. The Morgan fingerprint density at radius 1 is 1.06 bits per heavy atom. The number of sulfone groups is 1. The van der Waals surface area contributed by atoms with Gasteiger partial charge in [0.25, 0.3) is 0 Å². The molecule has 0 saturated carbocycles. The second kappa shape index (κ2) is 9.49. The predicted octanol–water partition coefficient (Wildman–Crippen LogP) is 3.24. The molecule has 164 valence electrons. The van der Waals surface area contributed by atoms with Crippen molar-refractivity contribution in [3.8, 4) is 16.9 Å². The first kappa shape index (κ1) is 22.8. The maximum absolute atomic E-state index is 12.0. The molecule has 3 rings (SSSR count). The Balaban J connectivity index is 2.00. The van der Waals surface area contributed by atoms with E-state index in [0.29, 0.717) is 13.0 Å². The molecule has 0 aliphatic rings. The monoisotopic (exact) mass is 440 g/mol. The Labute approximate surface area is 183 Å². The number of hydrogen-bond acceptors (Lipinski definition) is 4. The fraction of sp³-hybridized carbons (Fsp3) is 0.292. The summed E-state index contributed by atoms with van der Waals surface area (Å²) >= 11 is 0. The molecule has 1 N–H and O–H groups in total. The molecule has 0 bridgehead atoms. The number of nitrogens with zero attached hydrogens (tertiary/aromatic N) is 2. The number of aromatic nitrogens is 1. The Hall–Kier alpha value is -2.90. The number of likely N-dealkylation sites (N-methyl/N-ethyl adjacent to an activating group) is 1. The van der Waals surface area contributed by atoms with Gasteiger partial charge in [0.05, 0.1) is 17.2 Å². The number of amides is 1. The minimum Gasteiger partial charge on any atom is -0.396 e. The highest BCUT2D eigenvalue weighted by molar-refractivity contribution is 7.90. The summed E-state index contributed by atoms with van der Waals surface area (Å²) in [6.07, 6.45) is 2.00. The molecule has 31 heavy (non-hydrogen) atoms. The zero-order valence-electron chi connectivity index (χ0n) is 18.1. The van der Waals surface area contributed by atoms with E-state index in [-0.39, 0.29) is 23.8 Å². The van der Waals surface area contributed by atoms with Gasteiger partial charge in [-0.15, -0.1) is 0 Å². The van der Waals surface area contributed by atoms with E-state index >= 15 is 0 Å². The normalized spacial score (nSPS) is 11.5. The summed E-state index contributed by atoms with van der Waals surface area (Å²) in [7, 11) is -1.52. The lowest BCUT2D eigenvalue weighted by atomic mass is 10.1. The maximum atomic E-state index is 12.0. The highest BCUT2D eigenvalue weighted by Gasteiger charge is 2.17. The Kier molecular flexibility index (Phi) is 6.97. The Morgan fingerprint density at radius 2 is 1.71 bits per heavy atom. The van der Waals surface area contributed by atoms with Crippen molar-refractivity contribution in [2.45, 2.75) is 24.7 Å². The third-order valence-corrected chi connectivity index (χ3v) is 6.54. The van der Waals surface area contributed by atoms with Crippen LogP contribution >= 0.6 is 0 Å². The van der Waals surface area contributed by atoms with Crippen LogP contribution in [0.3, 0.4) is 0 Å². The van der Waals surface area contributed by atoms with Gasteiger partial charge in [0.1, 0.15) is 0 Å². The second-order valence-corrected chi connectivity index (χ2v) is 9.66. The molecule has 1 heterocycles. The number of carbonyl (C=O) groups excluding carboxylic acids is 1. The van der Waals surface area contributed by atoms with Crippen LogP contribution in [0.15, 0.2) is 65.6 Å². The van der Waals surface area contributed by atoms with E-state index in [4.69, 9.17) is 5.11 Å². The van der Waals surface area contributed by atoms with Gasteiger partial charge in [-0.05, 0) is 54.8 Å². The van der Waals surface area contributed by atoms with Crippen LogP contribution < -0.4 is 0 Å². The molecule has 0 spiro atoms. The molecular weight excluding hydrogens is 412 g/mol. The van der Waals surface area contributed by atoms with Crippen LogP contribution in [0.2, 0.25) is 0 Å². The van der Waals surface area contributed by atoms with E-state index in [0.717, 1.165) is 28.2 Å². The van der Waals surface area contributed by atoms with Gasteiger partial charge < -0.3 is 14.6 Å². The topological polar surface area (TPSA) is 79.6 Å². The van der Waals surface area contributed by atoms with Gasteiger partial charge >= 0.3 is 0 Å². The SMILES string of the molecule is Cc1c(CCN(C)C(=O)CCO)cc(-c2ccc(S(C)(=O)=O)cc2)n1-c1ccccc1. The van der Waals surface area contributed by atoms with Crippen LogP contribution in [-0.4, -0.2) is 55.4 Å². The highest BCUT2D eigenvalue weighted by Crippen LogP contribution is 2.30. The van der Waals surface area contributed by atoms with Crippen LogP contribution in [-0.2, 0) is 21.1 Å². The van der Waals surface area contributed by atoms with Crippen molar-refractivity contribution in [1.82, 2.24) is 9.47 Å². The van der Waals surface area contributed by atoms with E-state index in [2.05, 4.69) is 10.6 Å². The minimum atomic E-state index is -3.26. The predicted molar refractivity (Wildman–Crippen MR) is 122 cm³/mol. The summed E-state index contributed by atoms with van der Waals surface area (Å²) in [6, 6.07) is 19.0. The van der Waals surface area contributed by atoms with Crippen molar-refractivity contribution in [3.63, 3.8) is 0 Å². The zero-order chi connectivity index (χ0) is 22.6. The molecule has 1 aromatic heterocycles. The third kappa shape index (κ3) is 5.24. The molecule has 0 aliphatic carbocycles. The summed E-state index contributed by atoms with van der Waals surface area (Å²) < 4.78 is 25.8. The third-order valence-electron chi connectivity index (χ3n) is 5.41. The number of para-hydroxylation sites is 1. The maximum Gasteiger partial charge on any atom is 0.224 e. The molecule has 0 saturated heterocycles. The van der Waals surface area contributed by atoms with Crippen LogP contribution in [0.5, 0.6) is 0 Å². The van der Waals surface area contributed by atoms with Crippen molar-refractivity contribution < 1.29 is 18.3 Å². The second-order valence-electron chi connectivity index (χ2n) is 7.65. The molecule has 0 atom stereocenters. The molecule has 6 nitrogen and oxygen atoms in total. The zero-order valence-corrected chi connectivity index (χ0v) is 18.9.